The zero-order chi connectivity index (χ0) is 13.6. The first-order valence-electron chi connectivity index (χ1n) is 6.51. The van der Waals surface area contributed by atoms with Crippen molar-refractivity contribution in [2.75, 3.05) is 11.9 Å². The number of amides is 1. The number of nitrogens with one attached hydrogen (secondary N) is 2. The van der Waals surface area contributed by atoms with Crippen LogP contribution in [0.25, 0.3) is 0 Å². The zero-order valence-electron chi connectivity index (χ0n) is 11.7. The van der Waals surface area contributed by atoms with Crippen LogP contribution in [0.3, 0.4) is 0 Å². The van der Waals surface area contributed by atoms with E-state index in [-0.39, 0.29) is 11.4 Å². The van der Waals surface area contributed by atoms with Crippen molar-refractivity contribution in [1.29, 1.82) is 0 Å². The van der Waals surface area contributed by atoms with Gasteiger partial charge in [0.05, 0.1) is 11.9 Å². The van der Waals surface area contributed by atoms with Crippen LogP contribution < -0.4 is 10.6 Å². The molecule has 100 valence electrons. The number of carbonyl (C=O) groups excluding carboxylic acids is 1. The van der Waals surface area contributed by atoms with Crippen LogP contribution in [0.4, 0.5) is 5.69 Å². The van der Waals surface area contributed by atoms with E-state index in [1.165, 1.54) is 0 Å². The van der Waals surface area contributed by atoms with E-state index in [1.807, 2.05) is 26.8 Å². The van der Waals surface area contributed by atoms with Gasteiger partial charge < -0.3 is 10.6 Å². The van der Waals surface area contributed by atoms with Crippen molar-refractivity contribution in [2.45, 2.75) is 46.1 Å². The summed E-state index contributed by atoms with van der Waals surface area (Å²) in [4.78, 5) is 16.2. The molecule has 2 N–H and O–H groups in total. The quantitative estimate of drug-likeness (QED) is 0.815. The Morgan fingerprint density at radius 1 is 1.33 bits per heavy atom. The first-order valence-corrected chi connectivity index (χ1v) is 6.51. The van der Waals surface area contributed by atoms with Gasteiger partial charge in [-0.05, 0) is 39.3 Å². The lowest BCUT2D eigenvalue weighted by molar-refractivity contribution is 0.0904. The molecule has 18 heavy (non-hydrogen) atoms. The molecule has 4 heteroatoms. The fraction of sp³-hybridized carbons (Fsp3) is 0.571. The average molecular weight is 249 g/mol. The van der Waals surface area contributed by atoms with E-state index in [4.69, 9.17) is 0 Å². The van der Waals surface area contributed by atoms with Crippen LogP contribution in [0.1, 0.15) is 51.0 Å². The molecule has 0 aliphatic rings. The van der Waals surface area contributed by atoms with Crippen LogP contribution in [-0.2, 0) is 0 Å². The van der Waals surface area contributed by atoms with Crippen LogP contribution in [0.5, 0.6) is 0 Å². The highest BCUT2D eigenvalue weighted by Gasteiger charge is 2.20. The fourth-order valence-electron chi connectivity index (χ4n) is 1.90. The lowest BCUT2D eigenvalue weighted by Crippen LogP contribution is -2.43. The van der Waals surface area contributed by atoms with Crippen LogP contribution >= 0.6 is 0 Å². The predicted octanol–water partition coefficient (Wildman–Crippen LogP) is 2.82. The molecule has 1 aromatic heterocycles. The minimum absolute atomic E-state index is 0.114. The van der Waals surface area contributed by atoms with E-state index in [2.05, 4.69) is 22.5 Å². The van der Waals surface area contributed by atoms with E-state index in [1.54, 1.807) is 12.3 Å². The van der Waals surface area contributed by atoms with Crippen molar-refractivity contribution in [3.8, 4) is 0 Å². The highest BCUT2D eigenvalue weighted by Crippen LogP contribution is 2.12. The van der Waals surface area contributed by atoms with Crippen LogP contribution in [0, 0.1) is 0 Å². The molecule has 4 nitrogen and oxygen atoms in total. The topological polar surface area (TPSA) is 54.0 Å². The molecule has 0 saturated carbocycles. The maximum Gasteiger partial charge on any atom is 0.270 e. The number of hydrogen-bond donors (Lipinski definition) is 2. The third-order valence-corrected chi connectivity index (χ3v) is 2.70. The molecule has 0 spiro atoms. The summed E-state index contributed by atoms with van der Waals surface area (Å²) < 4.78 is 0. The second-order valence-electron chi connectivity index (χ2n) is 5.05. The maximum atomic E-state index is 12.0. The van der Waals surface area contributed by atoms with Gasteiger partial charge in [0, 0.05) is 12.1 Å². The SMILES string of the molecule is CCCC(C)(C)NC(=O)c1ccc(NCC)cn1. The van der Waals surface area contributed by atoms with E-state index in [0.717, 1.165) is 25.1 Å². The van der Waals surface area contributed by atoms with Gasteiger partial charge in [0.1, 0.15) is 5.69 Å². The first-order chi connectivity index (χ1) is 8.48. The van der Waals surface area contributed by atoms with Gasteiger partial charge in [-0.25, -0.2) is 4.98 Å². The number of rotatable bonds is 6. The molecule has 0 aliphatic carbocycles. The van der Waals surface area contributed by atoms with Gasteiger partial charge in [-0.15, -0.1) is 0 Å². The molecule has 1 amide bonds. The summed E-state index contributed by atoms with van der Waals surface area (Å²) in [5.41, 5.74) is 1.20. The standard InChI is InChI=1S/C14H23N3O/c1-5-9-14(3,4)17-13(18)12-8-7-11(10-16-12)15-6-2/h7-8,10,15H,5-6,9H2,1-4H3,(H,17,18). The van der Waals surface area contributed by atoms with Crippen molar-refractivity contribution >= 4 is 11.6 Å². The predicted molar refractivity (Wildman–Crippen MR) is 74.9 cm³/mol. The van der Waals surface area contributed by atoms with Crippen LogP contribution in [0.15, 0.2) is 18.3 Å². The summed E-state index contributed by atoms with van der Waals surface area (Å²) in [6.45, 7) is 9.03. The molecule has 0 radical (unpaired) electrons. The molecule has 1 heterocycles. The maximum absolute atomic E-state index is 12.0. The van der Waals surface area contributed by atoms with E-state index in [0.29, 0.717) is 5.69 Å². The number of anilines is 1. The monoisotopic (exact) mass is 249 g/mol. The van der Waals surface area contributed by atoms with Crippen molar-refractivity contribution in [2.24, 2.45) is 0 Å². The Balaban J connectivity index is 2.67. The van der Waals surface area contributed by atoms with Crippen molar-refractivity contribution in [3.63, 3.8) is 0 Å². The highest BCUT2D eigenvalue weighted by molar-refractivity contribution is 5.92. The molecule has 0 atom stereocenters. The third kappa shape index (κ3) is 4.35. The molecule has 0 saturated heterocycles. The number of carbonyl (C=O) groups is 1. The second-order valence-corrected chi connectivity index (χ2v) is 5.05. The van der Waals surface area contributed by atoms with Gasteiger partial charge in [-0.3, -0.25) is 4.79 Å². The molecule has 1 aromatic rings. The summed E-state index contributed by atoms with van der Waals surface area (Å²) in [5, 5.41) is 6.15. The first kappa shape index (κ1) is 14.5. The summed E-state index contributed by atoms with van der Waals surface area (Å²) in [7, 11) is 0. The lowest BCUT2D eigenvalue weighted by Gasteiger charge is -2.25. The highest BCUT2D eigenvalue weighted by atomic mass is 16.2. The molecule has 0 unspecified atom stereocenters. The number of pyridine rings is 1. The summed E-state index contributed by atoms with van der Waals surface area (Å²) in [6, 6.07) is 3.62. The van der Waals surface area contributed by atoms with Gasteiger partial charge in [0.25, 0.3) is 5.91 Å². The Morgan fingerprint density at radius 2 is 2.06 bits per heavy atom. The molecule has 0 fully saturated rings. The third-order valence-electron chi connectivity index (χ3n) is 2.70. The Bertz CT molecular complexity index is 385. The average Bonchev–Trinajstić information content (AvgIpc) is 2.29. The van der Waals surface area contributed by atoms with Gasteiger partial charge in [0.2, 0.25) is 0 Å². The minimum atomic E-state index is -0.187. The molecule has 0 aliphatic heterocycles. The smallest absolute Gasteiger partial charge is 0.270 e. The molecular formula is C14H23N3O. The van der Waals surface area contributed by atoms with Gasteiger partial charge >= 0.3 is 0 Å². The molecule has 1 rings (SSSR count). The van der Waals surface area contributed by atoms with Crippen molar-refractivity contribution in [3.05, 3.63) is 24.0 Å². The normalized spacial score (nSPS) is 11.1. The summed E-state index contributed by atoms with van der Waals surface area (Å²) in [5.74, 6) is -0.114. The molecule has 0 aromatic carbocycles. The lowest BCUT2D eigenvalue weighted by atomic mass is 9.99. The number of nitrogens with zero attached hydrogens (tertiary/aromatic N) is 1. The molecular weight excluding hydrogens is 226 g/mol. The van der Waals surface area contributed by atoms with Gasteiger partial charge in [0.15, 0.2) is 0 Å². The Morgan fingerprint density at radius 3 is 2.56 bits per heavy atom. The summed E-state index contributed by atoms with van der Waals surface area (Å²) in [6.07, 6.45) is 3.68. The van der Waals surface area contributed by atoms with Gasteiger partial charge in [-0.2, -0.15) is 0 Å². The van der Waals surface area contributed by atoms with E-state index in [9.17, 15) is 4.79 Å². The van der Waals surface area contributed by atoms with Crippen LogP contribution in [0.2, 0.25) is 0 Å². The van der Waals surface area contributed by atoms with Gasteiger partial charge in [-0.1, -0.05) is 13.3 Å². The fourth-order valence-corrected chi connectivity index (χ4v) is 1.90. The zero-order valence-corrected chi connectivity index (χ0v) is 11.7. The van der Waals surface area contributed by atoms with Crippen molar-refractivity contribution < 1.29 is 4.79 Å². The Kier molecular flexibility index (Phi) is 5.13. The summed E-state index contributed by atoms with van der Waals surface area (Å²) >= 11 is 0. The van der Waals surface area contributed by atoms with Crippen LogP contribution in [-0.4, -0.2) is 23.0 Å². The van der Waals surface area contributed by atoms with E-state index >= 15 is 0 Å². The second kappa shape index (κ2) is 6.38. The Hall–Kier alpha value is -1.58. The van der Waals surface area contributed by atoms with Crippen molar-refractivity contribution in [1.82, 2.24) is 10.3 Å². The Labute approximate surface area is 109 Å². The molecule has 0 bridgehead atoms. The largest absolute Gasteiger partial charge is 0.384 e. The number of aromatic nitrogens is 1. The minimum Gasteiger partial charge on any atom is -0.384 e. The number of hydrogen-bond acceptors (Lipinski definition) is 3. The van der Waals surface area contributed by atoms with E-state index < -0.39 is 0 Å².